The van der Waals surface area contributed by atoms with E-state index < -0.39 is 0 Å². The summed E-state index contributed by atoms with van der Waals surface area (Å²) in [6, 6.07) is 13.2. The first-order chi connectivity index (χ1) is 11.2. The number of hydrogen-bond acceptors (Lipinski definition) is 4. The van der Waals surface area contributed by atoms with Crippen molar-refractivity contribution >= 4 is 28.8 Å². The van der Waals surface area contributed by atoms with Gasteiger partial charge in [0.25, 0.3) is 5.91 Å². The molecule has 1 aromatic carbocycles. The average Bonchev–Trinajstić information content (AvgIpc) is 3.10. The second-order valence-corrected chi connectivity index (χ2v) is 6.41. The minimum absolute atomic E-state index is 0.0192. The molecular weight excluding hydrogens is 310 g/mol. The highest BCUT2D eigenvalue weighted by molar-refractivity contribution is 7.12. The lowest BCUT2D eigenvalue weighted by Gasteiger charge is -2.34. The number of para-hydroxylation sites is 1. The Morgan fingerprint density at radius 3 is 2.39 bits per heavy atom. The summed E-state index contributed by atoms with van der Waals surface area (Å²) in [5, 5.41) is 4.80. The highest BCUT2D eigenvalue weighted by atomic mass is 32.1. The number of benzene rings is 1. The second kappa shape index (κ2) is 7.39. The van der Waals surface area contributed by atoms with Crippen LogP contribution in [0.15, 0.2) is 47.8 Å². The SMILES string of the molecule is O=C(CN1CCN(C(=O)c2cccs2)CC1)Nc1ccccc1. The molecule has 2 aromatic rings. The van der Waals surface area contributed by atoms with Crippen molar-refractivity contribution in [2.24, 2.45) is 0 Å². The number of thiophene rings is 1. The van der Waals surface area contributed by atoms with Gasteiger partial charge < -0.3 is 10.2 Å². The first kappa shape index (κ1) is 15.7. The van der Waals surface area contributed by atoms with Gasteiger partial charge in [0.1, 0.15) is 0 Å². The van der Waals surface area contributed by atoms with Gasteiger partial charge in [-0.25, -0.2) is 0 Å². The number of carbonyl (C=O) groups is 2. The van der Waals surface area contributed by atoms with Crippen LogP contribution in [0.5, 0.6) is 0 Å². The van der Waals surface area contributed by atoms with Gasteiger partial charge in [-0.3, -0.25) is 14.5 Å². The molecule has 5 nitrogen and oxygen atoms in total. The molecule has 1 N–H and O–H groups in total. The van der Waals surface area contributed by atoms with Crippen LogP contribution in [-0.4, -0.2) is 54.3 Å². The predicted molar refractivity (Wildman–Crippen MR) is 91.7 cm³/mol. The standard InChI is InChI=1S/C17H19N3O2S/c21-16(18-14-5-2-1-3-6-14)13-19-8-10-20(11-9-19)17(22)15-7-4-12-23-15/h1-7,12H,8-11,13H2,(H,18,21). The summed E-state index contributed by atoms with van der Waals surface area (Å²) in [6.45, 7) is 3.12. The maximum atomic E-state index is 12.3. The molecule has 2 amide bonds. The molecule has 6 heteroatoms. The van der Waals surface area contributed by atoms with Gasteiger partial charge >= 0.3 is 0 Å². The number of anilines is 1. The predicted octanol–water partition coefficient (Wildman–Crippen LogP) is 2.14. The van der Waals surface area contributed by atoms with Crippen molar-refractivity contribution in [2.45, 2.75) is 0 Å². The number of nitrogens with zero attached hydrogens (tertiary/aromatic N) is 2. The maximum Gasteiger partial charge on any atom is 0.264 e. The zero-order valence-corrected chi connectivity index (χ0v) is 13.6. The van der Waals surface area contributed by atoms with Crippen molar-refractivity contribution in [1.82, 2.24) is 9.80 Å². The van der Waals surface area contributed by atoms with E-state index in [0.29, 0.717) is 19.6 Å². The van der Waals surface area contributed by atoms with Gasteiger partial charge in [-0.1, -0.05) is 24.3 Å². The molecule has 0 aliphatic carbocycles. The van der Waals surface area contributed by atoms with Crippen LogP contribution in [0.25, 0.3) is 0 Å². The van der Waals surface area contributed by atoms with E-state index in [1.807, 2.05) is 52.7 Å². The molecule has 0 saturated carbocycles. The lowest BCUT2D eigenvalue weighted by atomic mass is 10.2. The van der Waals surface area contributed by atoms with E-state index in [1.165, 1.54) is 11.3 Å². The number of rotatable bonds is 4. The van der Waals surface area contributed by atoms with Crippen LogP contribution < -0.4 is 5.32 Å². The van der Waals surface area contributed by atoms with Gasteiger partial charge in [-0.05, 0) is 23.6 Å². The fraction of sp³-hybridized carbons (Fsp3) is 0.294. The molecule has 0 radical (unpaired) electrons. The van der Waals surface area contributed by atoms with Gasteiger partial charge in [-0.15, -0.1) is 11.3 Å². The largest absolute Gasteiger partial charge is 0.335 e. The molecule has 1 aliphatic rings. The van der Waals surface area contributed by atoms with E-state index in [-0.39, 0.29) is 11.8 Å². The van der Waals surface area contributed by atoms with E-state index in [1.54, 1.807) is 0 Å². The Hall–Kier alpha value is -2.18. The van der Waals surface area contributed by atoms with Crippen LogP contribution in [0.2, 0.25) is 0 Å². The summed E-state index contributed by atoms with van der Waals surface area (Å²) in [5.41, 5.74) is 0.809. The Labute approximate surface area is 139 Å². The van der Waals surface area contributed by atoms with Gasteiger partial charge in [0.05, 0.1) is 11.4 Å². The van der Waals surface area contributed by atoms with E-state index >= 15 is 0 Å². The van der Waals surface area contributed by atoms with Crippen LogP contribution >= 0.6 is 11.3 Å². The lowest BCUT2D eigenvalue weighted by Crippen LogP contribution is -2.50. The first-order valence-corrected chi connectivity index (χ1v) is 8.50. The number of hydrogen-bond donors (Lipinski definition) is 1. The minimum atomic E-state index is -0.0192. The van der Waals surface area contributed by atoms with E-state index in [2.05, 4.69) is 10.2 Å². The Morgan fingerprint density at radius 1 is 1.00 bits per heavy atom. The minimum Gasteiger partial charge on any atom is -0.335 e. The number of carbonyl (C=O) groups excluding carboxylic acids is 2. The molecule has 1 aliphatic heterocycles. The lowest BCUT2D eigenvalue weighted by molar-refractivity contribution is -0.117. The summed E-state index contributed by atoms with van der Waals surface area (Å²) < 4.78 is 0. The quantitative estimate of drug-likeness (QED) is 0.935. The first-order valence-electron chi connectivity index (χ1n) is 7.62. The zero-order chi connectivity index (χ0) is 16.1. The third kappa shape index (κ3) is 4.18. The molecule has 0 spiro atoms. The van der Waals surface area contributed by atoms with Crippen molar-refractivity contribution in [2.75, 3.05) is 38.0 Å². The van der Waals surface area contributed by atoms with Crippen LogP contribution in [0.3, 0.4) is 0 Å². The van der Waals surface area contributed by atoms with E-state index in [9.17, 15) is 9.59 Å². The smallest absolute Gasteiger partial charge is 0.264 e. The fourth-order valence-corrected chi connectivity index (χ4v) is 3.28. The molecule has 2 heterocycles. The Bertz CT molecular complexity index is 650. The van der Waals surface area contributed by atoms with Crippen molar-refractivity contribution in [3.63, 3.8) is 0 Å². The van der Waals surface area contributed by atoms with Crippen LogP contribution in [0.4, 0.5) is 5.69 Å². The summed E-state index contributed by atoms with van der Waals surface area (Å²) in [4.78, 5) is 29.0. The molecule has 1 fully saturated rings. The van der Waals surface area contributed by atoms with Crippen molar-refractivity contribution in [3.05, 3.63) is 52.7 Å². The van der Waals surface area contributed by atoms with Crippen LogP contribution in [0, 0.1) is 0 Å². The molecule has 3 rings (SSSR count). The van der Waals surface area contributed by atoms with E-state index in [0.717, 1.165) is 23.7 Å². The van der Waals surface area contributed by atoms with Gasteiger partial charge in [0.2, 0.25) is 5.91 Å². The molecule has 1 saturated heterocycles. The molecule has 23 heavy (non-hydrogen) atoms. The molecule has 1 aromatic heterocycles. The highest BCUT2D eigenvalue weighted by Crippen LogP contribution is 2.14. The Balaban J connectivity index is 1.46. The van der Waals surface area contributed by atoms with E-state index in [4.69, 9.17) is 0 Å². The Morgan fingerprint density at radius 2 is 1.74 bits per heavy atom. The van der Waals surface area contributed by atoms with Gasteiger partial charge in [0, 0.05) is 31.9 Å². The average molecular weight is 329 g/mol. The van der Waals surface area contributed by atoms with Crippen LogP contribution in [-0.2, 0) is 4.79 Å². The number of nitrogens with one attached hydrogen (secondary N) is 1. The van der Waals surface area contributed by atoms with Crippen LogP contribution in [0.1, 0.15) is 9.67 Å². The third-order valence-corrected chi connectivity index (χ3v) is 4.67. The highest BCUT2D eigenvalue weighted by Gasteiger charge is 2.23. The van der Waals surface area contributed by atoms with Crippen molar-refractivity contribution < 1.29 is 9.59 Å². The summed E-state index contributed by atoms with van der Waals surface area (Å²) >= 11 is 1.47. The molecule has 0 unspecified atom stereocenters. The normalized spacial score (nSPS) is 15.4. The summed E-state index contributed by atoms with van der Waals surface area (Å²) in [5.74, 6) is 0.0719. The molecule has 0 atom stereocenters. The second-order valence-electron chi connectivity index (χ2n) is 5.46. The topological polar surface area (TPSA) is 52.7 Å². The van der Waals surface area contributed by atoms with Crippen molar-refractivity contribution in [1.29, 1.82) is 0 Å². The monoisotopic (exact) mass is 329 g/mol. The number of piperazine rings is 1. The fourth-order valence-electron chi connectivity index (χ4n) is 2.59. The summed E-state index contributed by atoms with van der Waals surface area (Å²) in [6.07, 6.45) is 0. The summed E-state index contributed by atoms with van der Waals surface area (Å²) in [7, 11) is 0. The van der Waals surface area contributed by atoms with Gasteiger partial charge in [-0.2, -0.15) is 0 Å². The third-order valence-electron chi connectivity index (χ3n) is 3.82. The molecule has 0 bridgehead atoms. The molecular formula is C17H19N3O2S. The van der Waals surface area contributed by atoms with Gasteiger partial charge in [0.15, 0.2) is 0 Å². The Kier molecular flexibility index (Phi) is 5.05. The number of amides is 2. The maximum absolute atomic E-state index is 12.3. The van der Waals surface area contributed by atoms with Crippen molar-refractivity contribution in [3.8, 4) is 0 Å². The molecule has 120 valence electrons. The zero-order valence-electron chi connectivity index (χ0n) is 12.8.